The quantitative estimate of drug-likeness (QED) is 0.368. The highest BCUT2D eigenvalue weighted by atomic mass is 32.2. The summed E-state index contributed by atoms with van der Waals surface area (Å²) in [7, 11) is 1.58. The first-order valence-electron chi connectivity index (χ1n) is 11.9. The van der Waals surface area contributed by atoms with E-state index in [4.69, 9.17) is 9.47 Å². The van der Waals surface area contributed by atoms with Gasteiger partial charge in [-0.05, 0) is 43.5 Å². The minimum absolute atomic E-state index is 0.0644. The van der Waals surface area contributed by atoms with Gasteiger partial charge in [-0.15, -0.1) is 18.3 Å². The summed E-state index contributed by atoms with van der Waals surface area (Å²) in [6.45, 7) is 7.92. The third kappa shape index (κ3) is 4.25. The highest BCUT2D eigenvalue weighted by molar-refractivity contribution is 8.02. The predicted molar refractivity (Wildman–Crippen MR) is 134 cm³/mol. The number of esters is 1. The van der Waals surface area contributed by atoms with Crippen LogP contribution in [0.1, 0.15) is 19.3 Å². The summed E-state index contributed by atoms with van der Waals surface area (Å²) in [6, 6.07) is 6.42. The molecule has 9 heteroatoms. The topological polar surface area (TPSA) is 96.4 Å². The van der Waals surface area contributed by atoms with Crippen molar-refractivity contribution in [3.63, 3.8) is 0 Å². The van der Waals surface area contributed by atoms with E-state index in [9.17, 15) is 19.5 Å². The molecule has 35 heavy (non-hydrogen) atoms. The van der Waals surface area contributed by atoms with Crippen molar-refractivity contribution >= 4 is 35.2 Å². The van der Waals surface area contributed by atoms with Crippen LogP contribution >= 0.6 is 11.8 Å². The first-order valence-corrected chi connectivity index (χ1v) is 12.7. The van der Waals surface area contributed by atoms with Crippen LogP contribution in [0.25, 0.3) is 0 Å². The van der Waals surface area contributed by atoms with Crippen molar-refractivity contribution in [2.24, 2.45) is 11.8 Å². The van der Waals surface area contributed by atoms with Gasteiger partial charge in [0.05, 0.1) is 23.7 Å². The van der Waals surface area contributed by atoms with E-state index < -0.39 is 28.6 Å². The molecular formula is C26H32N2O6S. The lowest BCUT2D eigenvalue weighted by Gasteiger charge is -2.37. The van der Waals surface area contributed by atoms with E-state index in [2.05, 4.69) is 13.2 Å². The maximum Gasteiger partial charge on any atom is 0.311 e. The zero-order valence-electron chi connectivity index (χ0n) is 19.9. The molecule has 0 radical (unpaired) electrons. The lowest BCUT2D eigenvalue weighted by molar-refractivity contribution is -0.153. The molecule has 5 atom stereocenters. The highest BCUT2D eigenvalue weighted by Crippen LogP contribution is 2.66. The predicted octanol–water partition coefficient (Wildman–Crippen LogP) is 2.42. The second-order valence-corrected chi connectivity index (χ2v) is 10.6. The van der Waals surface area contributed by atoms with Crippen LogP contribution in [0.15, 0.2) is 49.6 Å². The molecule has 1 aromatic rings. The lowest BCUT2D eigenvalue weighted by Crippen LogP contribution is -2.55. The summed E-state index contributed by atoms with van der Waals surface area (Å²) in [5.41, 5.74) is 0.671. The van der Waals surface area contributed by atoms with Crippen molar-refractivity contribution in [3.8, 4) is 5.75 Å². The van der Waals surface area contributed by atoms with Crippen LogP contribution in [-0.4, -0.2) is 77.2 Å². The largest absolute Gasteiger partial charge is 0.497 e. The first-order chi connectivity index (χ1) is 16.9. The molecule has 2 unspecified atom stereocenters. The van der Waals surface area contributed by atoms with Gasteiger partial charge in [0.15, 0.2) is 0 Å². The summed E-state index contributed by atoms with van der Waals surface area (Å²) in [4.78, 5) is 44.2. The van der Waals surface area contributed by atoms with Gasteiger partial charge >= 0.3 is 5.97 Å². The van der Waals surface area contributed by atoms with E-state index in [1.807, 2.05) is 0 Å². The molecule has 8 nitrogen and oxygen atoms in total. The number of hydrogen-bond acceptors (Lipinski definition) is 7. The first kappa shape index (κ1) is 25.3. The molecular weight excluding hydrogens is 468 g/mol. The number of carbonyl (C=O) groups excluding carboxylic acids is 3. The second-order valence-electron chi connectivity index (χ2n) is 9.02. The number of ether oxygens (including phenoxy) is 2. The maximum absolute atomic E-state index is 14.2. The molecule has 3 saturated heterocycles. The van der Waals surface area contributed by atoms with Crippen molar-refractivity contribution in [2.45, 2.75) is 35.3 Å². The highest BCUT2D eigenvalue weighted by Gasteiger charge is 2.74. The van der Waals surface area contributed by atoms with Crippen molar-refractivity contribution in [1.29, 1.82) is 0 Å². The molecule has 3 aliphatic rings. The zero-order chi connectivity index (χ0) is 25.2. The number of rotatable bonds is 11. The van der Waals surface area contributed by atoms with Crippen LogP contribution in [0.5, 0.6) is 5.75 Å². The number of fused-ring (bicyclic) bond motifs is 1. The van der Waals surface area contributed by atoms with Crippen molar-refractivity contribution in [3.05, 3.63) is 49.6 Å². The van der Waals surface area contributed by atoms with Crippen LogP contribution in [0.2, 0.25) is 0 Å². The van der Waals surface area contributed by atoms with E-state index >= 15 is 0 Å². The summed E-state index contributed by atoms with van der Waals surface area (Å²) >= 11 is 1.59. The van der Waals surface area contributed by atoms with Crippen molar-refractivity contribution < 1.29 is 29.0 Å². The van der Waals surface area contributed by atoms with Gasteiger partial charge in [-0.25, -0.2) is 0 Å². The molecule has 2 bridgehead atoms. The number of thioether (sulfide) groups is 1. The molecule has 3 heterocycles. The van der Waals surface area contributed by atoms with E-state index in [1.54, 1.807) is 59.0 Å². The summed E-state index contributed by atoms with van der Waals surface area (Å²) in [5, 5.41) is 9.42. The molecule has 3 fully saturated rings. The Balaban J connectivity index is 1.72. The number of anilines is 1. The van der Waals surface area contributed by atoms with E-state index in [1.165, 1.54) is 6.08 Å². The average Bonchev–Trinajstić information content (AvgIpc) is 3.51. The standard InChI is InChI=1S/C26H32N2O6S/c1-4-13-27(17-7-9-18(33-3)10-8-17)24(31)22-26-12-11-19(35-26)20(25(32)34-16-5-2)21(26)23(30)28(22)14-6-15-29/h4-5,7-10,19-22,29H,1-2,6,11-16H2,3H3/t19-,20+,21+,22?,26?/m1/s1. The monoisotopic (exact) mass is 500 g/mol. The molecule has 4 rings (SSSR count). The Hall–Kier alpha value is -2.78. The van der Waals surface area contributed by atoms with Gasteiger partial charge in [-0.2, -0.15) is 0 Å². The molecule has 1 aromatic carbocycles. The van der Waals surface area contributed by atoms with Crippen LogP contribution in [0.3, 0.4) is 0 Å². The molecule has 188 valence electrons. The van der Waals surface area contributed by atoms with Crippen LogP contribution in [0.4, 0.5) is 5.69 Å². The summed E-state index contributed by atoms with van der Waals surface area (Å²) in [6.07, 6.45) is 4.92. The number of carbonyl (C=O) groups is 3. The number of hydrogen-bond donors (Lipinski definition) is 1. The van der Waals surface area contributed by atoms with Crippen LogP contribution < -0.4 is 9.64 Å². The van der Waals surface area contributed by atoms with Crippen LogP contribution in [0, 0.1) is 11.8 Å². The average molecular weight is 501 g/mol. The lowest BCUT2D eigenvalue weighted by atomic mass is 9.71. The molecule has 0 saturated carbocycles. The Bertz CT molecular complexity index is 998. The van der Waals surface area contributed by atoms with Gasteiger partial charge in [0.2, 0.25) is 5.91 Å². The molecule has 0 aliphatic carbocycles. The number of likely N-dealkylation sites (tertiary alicyclic amines) is 1. The Morgan fingerprint density at radius 2 is 2.03 bits per heavy atom. The normalized spacial score (nSPS) is 28.5. The molecule has 3 aliphatic heterocycles. The third-order valence-corrected chi connectivity index (χ3v) is 9.12. The number of aliphatic hydroxyl groups is 1. The second kappa shape index (κ2) is 10.5. The fourth-order valence-corrected chi connectivity index (χ4v) is 7.98. The van der Waals surface area contributed by atoms with Gasteiger partial charge < -0.3 is 24.4 Å². The smallest absolute Gasteiger partial charge is 0.311 e. The van der Waals surface area contributed by atoms with Gasteiger partial charge in [-0.3, -0.25) is 14.4 Å². The Kier molecular flexibility index (Phi) is 7.56. The number of aliphatic hydroxyl groups excluding tert-OH is 1. The minimum Gasteiger partial charge on any atom is -0.497 e. The Morgan fingerprint density at radius 1 is 1.29 bits per heavy atom. The number of benzene rings is 1. The summed E-state index contributed by atoms with van der Waals surface area (Å²) < 4.78 is 9.91. The van der Waals surface area contributed by atoms with Crippen molar-refractivity contribution in [2.75, 3.05) is 38.3 Å². The Labute approximate surface area is 209 Å². The molecule has 2 amide bonds. The number of methoxy groups -OCH3 is 1. The van der Waals surface area contributed by atoms with Crippen molar-refractivity contribution in [1.82, 2.24) is 4.90 Å². The van der Waals surface area contributed by atoms with E-state index in [0.717, 1.165) is 6.42 Å². The molecule has 0 aromatic heterocycles. The zero-order valence-corrected chi connectivity index (χ0v) is 20.7. The Morgan fingerprint density at radius 3 is 2.66 bits per heavy atom. The van der Waals surface area contributed by atoms with E-state index in [0.29, 0.717) is 24.3 Å². The fraction of sp³-hybridized carbons (Fsp3) is 0.500. The van der Waals surface area contributed by atoms with Gasteiger partial charge in [0, 0.05) is 30.6 Å². The number of amides is 2. The van der Waals surface area contributed by atoms with Gasteiger partial charge in [0.25, 0.3) is 5.91 Å². The molecule has 1 N–H and O–H groups in total. The fourth-order valence-electron chi connectivity index (χ4n) is 5.78. The SMILES string of the molecule is C=CCOC(=O)[C@@H]1[C@H]2C(=O)N(CCCO)C(C(=O)N(CC=C)c3ccc(OC)cc3)C23CC[C@H]1S3. The van der Waals surface area contributed by atoms with Gasteiger partial charge in [-0.1, -0.05) is 18.7 Å². The summed E-state index contributed by atoms with van der Waals surface area (Å²) in [5.74, 6) is -1.37. The maximum atomic E-state index is 14.2. The molecule has 1 spiro atoms. The van der Waals surface area contributed by atoms with Crippen LogP contribution in [-0.2, 0) is 19.1 Å². The number of nitrogens with zero attached hydrogens (tertiary/aromatic N) is 2. The van der Waals surface area contributed by atoms with E-state index in [-0.39, 0.29) is 43.4 Å². The third-order valence-electron chi connectivity index (χ3n) is 7.17. The van der Waals surface area contributed by atoms with Gasteiger partial charge in [0.1, 0.15) is 18.4 Å². The minimum atomic E-state index is -0.749.